The number of carbonyl (C=O) groups is 1. The predicted molar refractivity (Wildman–Crippen MR) is 76.9 cm³/mol. The minimum absolute atomic E-state index is 0. The Balaban J connectivity index is 0.00000180. The van der Waals surface area contributed by atoms with Crippen LogP contribution in [-0.2, 0) is 0 Å². The number of hydrogen-bond acceptors (Lipinski definition) is 3. The normalized spacial score (nSPS) is 18.4. The smallest absolute Gasteiger partial charge is 0.251 e. The van der Waals surface area contributed by atoms with Crippen molar-refractivity contribution in [2.24, 2.45) is 5.92 Å². The molecule has 0 aromatic carbocycles. The maximum atomic E-state index is 11.8. The van der Waals surface area contributed by atoms with Crippen molar-refractivity contribution in [3.63, 3.8) is 0 Å². The molecule has 1 fully saturated rings. The van der Waals surface area contributed by atoms with Crippen LogP contribution in [0.3, 0.4) is 0 Å². The molecule has 1 atom stereocenters. The molecule has 0 bridgehead atoms. The molecule has 1 aliphatic heterocycles. The molecule has 6 heteroatoms. The molecule has 1 aromatic rings. The zero-order chi connectivity index (χ0) is 12.8. The van der Waals surface area contributed by atoms with Crippen molar-refractivity contribution < 1.29 is 4.79 Å². The highest BCUT2D eigenvalue weighted by Crippen LogP contribution is 2.12. The summed E-state index contributed by atoms with van der Waals surface area (Å²) >= 11 is 0. The Morgan fingerprint density at radius 1 is 1.47 bits per heavy atom. The molecule has 1 amide bonds. The Hall–Kier alpha value is -1.33. The van der Waals surface area contributed by atoms with Crippen molar-refractivity contribution in [1.82, 2.24) is 15.6 Å². The Morgan fingerprint density at radius 3 is 3.00 bits per heavy atom. The van der Waals surface area contributed by atoms with Crippen LogP contribution >= 0.6 is 12.4 Å². The van der Waals surface area contributed by atoms with Gasteiger partial charge in [-0.25, -0.2) is 0 Å². The number of pyridine rings is 1. The number of aromatic nitrogens is 1. The first-order valence-corrected chi connectivity index (χ1v) is 6.43. The lowest BCUT2D eigenvalue weighted by atomic mass is 9.96. The van der Waals surface area contributed by atoms with E-state index < -0.39 is 0 Å². The molecule has 0 radical (unpaired) electrons. The topological polar surface area (TPSA) is 74.0 Å². The van der Waals surface area contributed by atoms with Gasteiger partial charge < -0.3 is 15.6 Å². The number of rotatable bonds is 4. The molecule has 2 heterocycles. The molecular weight excluding hydrogens is 266 g/mol. The summed E-state index contributed by atoms with van der Waals surface area (Å²) in [7, 11) is 0. The molecule has 1 aromatic heterocycles. The van der Waals surface area contributed by atoms with Gasteiger partial charge in [-0.15, -0.1) is 12.4 Å². The fourth-order valence-electron chi connectivity index (χ4n) is 2.25. The van der Waals surface area contributed by atoms with Crippen LogP contribution in [0.4, 0.5) is 0 Å². The van der Waals surface area contributed by atoms with Gasteiger partial charge in [0.05, 0.1) is 0 Å². The number of carbonyl (C=O) groups excluding carboxylic acids is 1. The van der Waals surface area contributed by atoms with Gasteiger partial charge in [0.1, 0.15) is 0 Å². The van der Waals surface area contributed by atoms with E-state index in [4.69, 9.17) is 0 Å². The summed E-state index contributed by atoms with van der Waals surface area (Å²) in [5, 5.41) is 6.21. The van der Waals surface area contributed by atoms with Crippen LogP contribution in [0.25, 0.3) is 0 Å². The molecule has 19 heavy (non-hydrogen) atoms. The lowest BCUT2D eigenvalue weighted by molar-refractivity contribution is 0.0950. The summed E-state index contributed by atoms with van der Waals surface area (Å²) in [5.41, 5.74) is 0.166. The van der Waals surface area contributed by atoms with E-state index in [0.717, 1.165) is 19.5 Å². The second kappa shape index (κ2) is 7.96. The van der Waals surface area contributed by atoms with Crippen LogP contribution in [-0.4, -0.2) is 30.5 Å². The van der Waals surface area contributed by atoms with Crippen molar-refractivity contribution in [1.29, 1.82) is 0 Å². The van der Waals surface area contributed by atoms with Crippen molar-refractivity contribution in [2.45, 2.75) is 19.3 Å². The van der Waals surface area contributed by atoms with E-state index in [1.807, 2.05) is 0 Å². The van der Waals surface area contributed by atoms with Gasteiger partial charge in [-0.2, -0.15) is 0 Å². The van der Waals surface area contributed by atoms with E-state index in [-0.39, 0.29) is 23.9 Å². The third-order valence-electron chi connectivity index (χ3n) is 3.27. The average molecular weight is 286 g/mol. The van der Waals surface area contributed by atoms with E-state index in [0.29, 0.717) is 18.0 Å². The van der Waals surface area contributed by atoms with E-state index in [1.54, 1.807) is 6.07 Å². The zero-order valence-corrected chi connectivity index (χ0v) is 11.6. The number of nitrogens with one attached hydrogen (secondary N) is 3. The molecule has 0 spiro atoms. The van der Waals surface area contributed by atoms with E-state index >= 15 is 0 Å². The number of aromatic amines is 1. The minimum atomic E-state index is -0.251. The van der Waals surface area contributed by atoms with Gasteiger partial charge in [0.25, 0.3) is 5.91 Å². The molecule has 1 unspecified atom stereocenters. The van der Waals surface area contributed by atoms with Crippen LogP contribution in [0.5, 0.6) is 0 Å². The van der Waals surface area contributed by atoms with E-state index in [9.17, 15) is 9.59 Å². The van der Waals surface area contributed by atoms with Gasteiger partial charge in [0, 0.05) is 24.4 Å². The lowest BCUT2D eigenvalue weighted by Gasteiger charge is -2.22. The highest BCUT2D eigenvalue weighted by atomic mass is 35.5. The summed E-state index contributed by atoms with van der Waals surface area (Å²) in [6.45, 7) is 2.81. The quantitative estimate of drug-likeness (QED) is 0.770. The predicted octanol–water partition coefficient (Wildman–Crippen LogP) is 0.916. The highest BCUT2D eigenvalue weighted by molar-refractivity contribution is 5.93. The van der Waals surface area contributed by atoms with Crippen LogP contribution in [0.2, 0.25) is 0 Å². The van der Waals surface area contributed by atoms with Crippen molar-refractivity contribution >= 4 is 18.3 Å². The Bertz CT molecular complexity index is 455. The maximum Gasteiger partial charge on any atom is 0.251 e. The van der Waals surface area contributed by atoms with Gasteiger partial charge in [0.2, 0.25) is 5.56 Å². The van der Waals surface area contributed by atoms with Gasteiger partial charge in [-0.3, -0.25) is 9.59 Å². The molecule has 0 saturated carbocycles. The number of amides is 1. The third-order valence-corrected chi connectivity index (χ3v) is 3.27. The van der Waals surface area contributed by atoms with Gasteiger partial charge in [-0.1, -0.05) is 0 Å². The van der Waals surface area contributed by atoms with Gasteiger partial charge in [-0.05, 0) is 44.3 Å². The zero-order valence-electron chi connectivity index (χ0n) is 10.8. The molecular formula is C13H20ClN3O2. The van der Waals surface area contributed by atoms with Gasteiger partial charge in [0.15, 0.2) is 0 Å². The average Bonchev–Trinajstić information content (AvgIpc) is 2.40. The summed E-state index contributed by atoms with van der Waals surface area (Å²) in [6.07, 6.45) is 4.92. The Morgan fingerprint density at radius 2 is 2.32 bits per heavy atom. The van der Waals surface area contributed by atoms with Crippen LogP contribution in [0.1, 0.15) is 29.6 Å². The minimum Gasteiger partial charge on any atom is -0.352 e. The van der Waals surface area contributed by atoms with Crippen molar-refractivity contribution in [3.05, 3.63) is 34.2 Å². The first-order chi connectivity index (χ1) is 8.75. The summed E-state index contributed by atoms with van der Waals surface area (Å²) in [5.74, 6) is 0.475. The van der Waals surface area contributed by atoms with E-state index in [2.05, 4.69) is 15.6 Å². The molecule has 106 valence electrons. The summed E-state index contributed by atoms with van der Waals surface area (Å²) in [6, 6.07) is 2.93. The number of hydrogen-bond donors (Lipinski definition) is 3. The number of H-pyrrole nitrogens is 1. The summed E-state index contributed by atoms with van der Waals surface area (Å²) in [4.78, 5) is 25.3. The number of halogens is 1. The molecule has 2 rings (SSSR count). The SMILES string of the molecule is Cl.O=C(NCCC1CCCNC1)c1cc[nH]c(=O)c1. The number of piperidine rings is 1. The maximum absolute atomic E-state index is 11.8. The second-order valence-corrected chi connectivity index (χ2v) is 4.70. The van der Waals surface area contributed by atoms with Gasteiger partial charge >= 0.3 is 0 Å². The largest absolute Gasteiger partial charge is 0.352 e. The van der Waals surface area contributed by atoms with Crippen molar-refractivity contribution in [3.8, 4) is 0 Å². The summed E-state index contributed by atoms with van der Waals surface area (Å²) < 4.78 is 0. The standard InChI is InChI=1S/C13H19N3O2.ClH/c17-12-8-11(4-7-15-12)13(18)16-6-3-10-2-1-5-14-9-10;/h4,7-8,10,14H,1-3,5-6,9H2,(H,15,17)(H,16,18);1H. The molecule has 1 aliphatic rings. The van der Waals surface area contributed by atoms with Crippen LogP contribution in [0, 0.1) is 5.92 Å². The highest BCUT2D eigenvalue weighted by Gasteiger charge is 2.13. The second-order valence-electron chi connectivity index (χ2n) is 4.70. The van der Waals surface area contributed by atoms with Crippen LogP contribution in [0.15, 0.2) is 23.1 Å². The van der Waals surface area contributed by atoms with E-state index in [1.165, 1.54) is 25.1 Å². The first kappa shape index (κ1) is 15.7. The third kappa shape index (κ3) is 5.04. The fraction of sp³-hybridized carbons (Fsp3) is 0.538. The molecule has 0 aliphatic carbocycles. The fourth-order valence-corrected chi connectivity index (χ4v) is 2.25. The first-order valence-electron chi connectivity index (χ1n) is 6.43. The molecule has 1 saturated heterocycles. The molecule has 3 N–H and O–H groups in total. The van der Waals surface area contributed by atoms with Crippen molar-refractivity contribution in [2.75, 3.05) is 19.6 Å². The van der Waals surface area contributed by atoms with Crippen LogP contribution < -0.4 is 16.2 Å². The Kier molecular flexibility index (Phi) is 6.59. The Labute approximate surface area is 118 Å². The lowest BCUT2D eigenvalue weighted by Crippen LogP contribution is -2.33. The molecule has 5 nitrogen and oxygen atoms in total. The monoisotopic (exact) mass is 285 g/mol.